The third-order valence-corrected chi connectivity index (χ3v) is 4.38. The monoisotopic (exact) mass is 332 g/mol. The molecular formula is C18H18Cl2N2. The molecule has 0 saturated carbocycles. The number of nitrogens with zero attached hydrogens (tertiary/aromatic N) is 2. The molecule has 2 rings (SSSR count). The lowest BCUT2D eigenvalue weighted by Gasteiger charge is -2.23. The van der Waals surface area contributed by atoms with Gasteiger partial charge in [-0.1, -0.05) is 55.1 Å². The minimum Gasteiger partial charge on any atom is -0.264 e. The normalized spacial score (nSPS) is 13.4. The summed E-state index contributed by atoms with van der Waals surface area (Å²) < 4.78 is 0. The molecule has 0 saturated heterocycles. The van der Waals surface area contributed by atoms with Crippen molar-refractivity contribution in [2.45, 2.75) is 38.0 Å². The quantitative estimate of drug-likeness (QED) is 0.653. The van der Waals surface area contributed by atoms with E-state index in [4.69, 9.17) is 23.2 Å². The van der Waals surface area contributed by atoms with Crippen molar-refractivity contribution in [2.24, 2.45) is 0 Å². The van der Waals surface area contributed by atoms with Crippen molar-refractivity contribution in [3.05, 3.63) is 63.9 Å². The Balaban J connectivity index is 2.42. The third kappa shape index (κ3) is 4.00. The van der Waals surface area contributed by atoms with Crippen molar-refractivity contribution in [1.82, 2.24) is 4.98 Å². The summed E-state index contributed by atoms with van der Waals surface area (Å²) in [6, 6.07) is 11.8. The molecule has 22 heavy (non-hydrogen) atoms. The number of nitriles is 1. The first-order valence-corrected chi connectivity index (χ1v) is 8.17. The van der Waals surface area contributed by atoms with Gasteiger partial charge in [-0.2, -0.15) is 5.26 Å². The topological polar surface area (TPSA) is 36.7 Å². The molecule has 2 unspecified atom stereocenters. The second-order valence-corrected chi connectivity index (χ2v) is 6.15. The Bertz CT molecular complexity index is 650. The van der Waals surface area contributed by atoms with Gasteiger partial charge in [0.05, 0.1) is 12.0 Å². The lowest BCUT2D eigenvalue weighted by molar-refractivity contribution is 0.546. The number of pyridine rings is 1. The van der Waals surface area contributed by atoms with Gasteiger partial charge in [0.1, 0.15) is 0 Å². The Morgan fingerprint density at radius 1 is 1.27 bits per heavy atom. The minimum atomic E-state index is -0.265. The molecule has 2 aromatic rings. The van der Waals surface area contributed by atoms with Crippen molar-refractivity contribution in [1.29, 1.82) is 5.26 Å². The molecule has 1 aromatic heterocycles. The van der Waals surface area contributed by atoms with E-state index in [9.17, 15) is 5.26 Å². The number of rotatable bonds is 6. The first kappa shape index (κ1) is 16.8. The van der Waals surface area contributed by atoms with E-state index >= 15 is 0 Å². The van der Waals surface area contributed by atoms with Crippen LogP contribution in [0.1, 0.15) is 49.1 Å². The molecule has 114 valence electrons. The van der Waals surface area contributed by atoms with Gasteiger partial charge in [-0.3, -0.25) is 4.98 Å². The van der Waals surface area contributed by atoms with Gasteiger partial charge >= 0.3 is 0 Å². The summed E-state index contributed by atoms with van der Waals surface area (Å²) in [6.07, 6.45) is 6.50. The lowest BCUT2D eigenvalue weighted by atomic mass is 9.80. The third-order valence-electron chi connectivity index (χ3n) is 3.82. The van der Waals surface area contributed by atoms with Crippen molar-refractivity contribution in [3.8, 4) is 6.07 Å². The maximum absolute atomic E-state index is 9.71. The van der Waals surface area contributed by atoms with Crippen LogP contribution >= 0.6 is 23.2 Å². The predicted molar refractivity (Wildman–Crippen MR) is 91.3 cm³/mol. The molecule has 0 aliphatic heterocycles. The van der Waals surface area contributed by atoms with E-state index in [1.54, 1.807) is 18.5 Å². The second kappa shape index (κ2) is 8.17. The zero-order valence-corrected chi connectivity index (χ0v) is 14.0. The Labute approximate surface area is 141 Å². The van der Waals surface area contributed by atoms with E-state index < -0.39 is 0 Å². The smallest absolute Gasteiger partial charge is 0.0796 e. The molecule has 0 bridgehead atoms. The highest BCUT2D eigenvalue weighted by Gasteiger charge is 2.26. The fourth-order valence-corrected chi connectivity index (χ4v) is 3.23. The van der Waals surface area contributed by atoms with E-state index in [1.807, 2.05) is 24.3 Å². The maximum atomic E-state index is 9.71. The van der Waals surface area contributed by atoms with Gasteiger partial charge in [0.25, 0.3) is 0 Å². The molecule has 0 amide bonds. The van der Waals surface area contributed by atoms with E-state index in [0.717, 1.165) is 30.4 Å². The van der Waals surface area contributed by atoms with Crippen molar-refractivity contribution in [3.63, 3.8) is 0 Å². The van der Waals surface area contributed by atoms with Gasteiger partial charge in [-0.15, -0.1) is 0 Å². The highest BCUT2D eigenvalue weighted by atomic mass is 35.5. The standard InChI is InChI=1S/C18H18Cl2N2/c1-2-3-6-15(16-8-7-14(19)10-18(16)20)17(11-21)13-5-4-9-22-12-13/h4-5,7-10,12,15,17H,2-3,6H2,1H3. The number of halogens is 2. The van der Waals surface area contributed by atoms with Crippen LogP contribution in [0.5, 0.6) is 0 Å². The van der Waals surface area contributed by atoms with E-state index in [0.29, 0.717) is 10.0 Å². The Morgan fingerprint density at radius 3 is 2.68 bits per heavy atom. The van der Waals surface area contributed by atoms with Gasteiger partial charge in [0.2, 0.25) is 0 Å². The molecule has 2 atom stereocenters. The number of unbranched alkanes of at least 4 members (excludes halogenated alkanes) is 1. The van der Waals surface area contributed by atoms with Gasteiger partial charge < -0.3 is 0 Å². The first-order valence-electron chi connectivity index (χ1n) is 7.41. The predicted octanol–water partition coefficient (Wildman–Crippen LogP) is 5.97. The maximum Gasteiger partial charge on any atom is 0.0796 e. The molecule has 4 heteroatoms. The minimum absolute atomic E-state index is 0.0407. The Hall–Kier alpha value is -1.56. The first-order chi connectivity index (χ1) is 10.7. The highest BCUT2D eigenvalue weighted by Crippen LogP contribution is 2.40. The van der Waals surface area contributed by atoms with Crippen LogP contribution in [0.15, 0.2) is 42.7 Å². The molecule has 0 spiro atoms. The van der Waals surface area contributed by atoms with Crippen molar-refractivity contribution in [2.75, 3.05) is 0 Å². The van der Waals surface area contributed by atoms with Gasteiger partial charge in [0, 0.05) is 28.4 Å². The van der Waals surface area contributed by atoms with E-state index in [-0.39, 0.29) is 11.8 Å². The summed E-state index contributed by atoms with van der Waals surface area (Å²) in [6.45, 7) is 2.14. The van der Waals surface area contributed by atoms with Gasteiger partial charge in [-0.05, 0) is 35.7 Å². The molecule has 0 aliphatic carbocycles. The van der Waals surface area contributed by atoms with Crippen LogP contribution < -0.4 is 0 Å². The molecule has 0 radical (unpaired) electrons. The lowest BCUT2D eigenvalue weighted by Crippen LogP contribution is -2.11. The molecule has 1 aromatic carbocycles. The summed E-state index contributed by atoms with van der Waals surface area (Å²) in [5.41, 5.74) is 1.91. The van der Waals surface area contributed by atoms with E-state index in [2.05, 4.69) is 18.0 Å². The number of hydrogen-bond donors (Lipinski definition) is 0. The average molecular weight is 333 g/mol. The summed E-state index contributed by atoms with van der Waals surface area (Å²) in [7, 11) is 0. The van der Waals surface area contributed by atoms with Crippen molar-refractivity contribution < 1.29 is 0 Å². The number of hydrogen-bond acceptors (Lipinski definition) is 2. The molecular weight excluding hydrogens is 315 g/mol. The van der Waals surface area contributed by atoms with Crippen LogP contribution in [0.25, 0.3) is 0 Å². The Kier molecular flexibility index (Phi) is 6.24. The summed E-state index contributed by atoms with van der Waals surface area (Å²) in [4.78, 5) is 4.14. The molecule has 0 N–H and O–H groups in total. The molecule has 2 nitrogen and oxygen atoms in total. The molecule has 1 heterocycles. The Morgan fingerprint density at radius 2 is 2.09 bits per heavy atom. The van der Waals surface area contributed by atoms with Crippen LogP contribution in [0.3, 0.4) is 0 Å². The fourth-order valence-electron chi connectivity index (χ4n) is 2.68. The molecule has 0 aliphatic rings. The average Bonchev–Trinajstić information content (AvgIpc) is 2.53. The summed E-state index contributed by atoms with van der Waals surface area (Å²) in [5.74, 6) is -0.224. The second-order valence-electron chi connectivity index (χ2n) is 5.31. The number of aromatic nitrogens is 1. The largest absolute Gasteiger partial charge is 0.264 e. The van der Waals surface area contributed by atoms with Crippen LogP contribution in [-0.4, -0.2) is 4.98 Å². The summed E-state index contributed by atoms with van der Waals surface area (Å²) >= 11 is 12.4. The highest BCUT2D eigenvalue weighted by molar-refractivity contribution is 6.35. The van der Waals surface area contributed by atoms with Crippen LogP contribution in [0, 0.1) is 11.3 Å². The molecule has 0 fully saturated rings. The summed E-state index contributed by atoms with van der Waals surface area (Å²) in [5, 5.41) is 10.9. The van der Waals surface area contributed by atoms with Gasteiger partial charge in [-0.25, -0.2) is 0 Å². The SMILES string of the molecule is CCCCC(c1ccc(Cl)cc1Cl)C(C#N)c1cccnc1. The van der Waals surface area contributed by atoms with Crippen LogP contribution in [0.4, 0.5) is 0 Å². The zero-order valence-electron chi connectivity index (χ0n) is 12.5. The fraction of sp³-hybridized carbons (Fsp3) is 0.333. The zero-order chi connectivity index (χ0) is 15.9. The van der Waals surface area contributed by atoms with Gasteiger partial charge in [0.15, 0.2) is 0 Å². The van der Waals surface area contributed by atoms with Crippen LogP contribution in [-0.2, 0) is 0 Å². The van der Waals surface area contributed by atoms with E-state index in [1.165, 1.54) is 0 Å². The van der Waals surface area contributed by atoms with Crippen molar-refractivity contribution >= 4 is 23.2 Å². The number of benzene rings is 1. The van der Waals surface area contributed by atoms with Crippen LogP contribution in [0.2, 0.25) is 10.0 Å².